The van der Waals surface area contributed by atoms with Crippen LogP contribution in [0.3, 0.4) is 0 Å². The minimum Gasteiger partial charge on any atom is -0.493 e. The van der Waals surface area contributed by atoms with Gasteiger partial charge in [0.1, 0.15) is 5.82 Å². The number of benzene rings is 2. The molecule has 0 unspecified atom stereocenters. The summed E-state index contributed by atoms with van der Waals surface area (Å²) in [6.07, 6.45) is 7.15. The molecule has 31 heavy (non-hydrogen) atoms. The van der Waals surface area contributed by atoms with Crippen LogP contribution in [-0.4, -0.2) is 30.1 Å². The molecule has 0 N–H and O–H groups in total. The molecular formula is C23H23Br2N3O3. The van der Waals surface area contributed by atoms with Gasteiger partial charge < -0.3 is 9.47 Å². The largest absolute Gasteiger partial charge is 0.493 e. The van der Waals surface area contributed by atoms with Crippen LogP contribution in [0.1, 0.15) is 49.4 Å². The minimum atomic E-state index is -0.177. The van der Waals surface area contributed by atoms with Crippen molar-refractivity contribution in [3.63, 3.8) is 0 Å². The zero-order chi connectivity index (χ0) is 22.0. The summed E-state index contributed by atoms with van der Waals surface area (Å²) in [6, 6.07) is 9.28. The first-order valence-corrected chi connectivity index (χ1v) is 11.8. The lowest BCUT2D eigenvalue weighted by Crippen LogP contribution is -2.25. The Morgan fingerprint density at radius 1 is 1.06 bits per heavy atom. The number of hydrogen-bond acceptors (Lipinski definition) is 5. The van der Waals surface area contributed by atoms with E-state index in [1.807, 2.05) is 24.3 Å². The lowest BCUT2D eigenvalue weighted by Gasteiger charge is -2.22. The van der Waals surface area contributed by atoms with Crippen molar-refractivity contribution in [2.75, 3.05) is 14.2 Å². The lowest BCUT2D eigenvalue weighted by molar-refractivity contribution is 0.354. The van der Waals surface area contributed by atoms with E-state index in [0.29, 0.717) is 28.0 Å². The van der Waals surface area contributed by atoms with Crippen LogP contribution in [0.4, 0.5) is 0 Å². The summed E-state index contributed by atoms with van der Waals surface area (Å²) in [5, 5.41) is 5.13. The second-order valence-corrected chi connectivity index (χ2v) is 9.39. The van der Waals surface area contributed by atoms with E-state index in [0.717, 1.165) is 40.5 Å². The highest BCUT2D eigenvalue weighted by atomic mass is 79.9. The summed E-state index contributed by atoms with van der Waals surface area (Å²) in [5.41, 5.74) is 1.22. The topological polar surface area (TPSA) is 65.7 Å². The molecule has 1 fully saturated rings. The molecule has 1 aliphatic rings. The van der Waals surface area contributed by atoms with Gasteiger partial charge >= 0.3 is 0 Å². The fourth-order valence-electron chi connectivity index (χ4n) is 4.08. The van der Waals surface area contributed by atoms with Gasteiger partial charge in [0.15, 0.2) is 11.5 Å². The molecule has 8 heteroatoms. The number of aromatic nitrogens is 2. The highest BCUT2D eigenvalue weighted by molar-refractivity contribution is 9.10. The summed E-state index contributed by atoms with van der Waals surface area (Å²) >= 11 is 6.95. The van der Waals surface area contributed by atoms with Gasteiger partial charge in [0.25, 0.3) is 5.56 Å². The molecular weight excluding hydrogens is 526 g/mol. The van der Waals surface area contributed by atoms with E-state index in [4.69, 9.17) is 14.5 Å². The Labute approximate surface area is 197 Å². The van der Waals surface area contributed by atoms with Crippen molar-refractivity contribution in [3.05, 3.63) is 61.0 Å². The second kappa shape index (κ2) is 9.53. The quantitative estimate of drug-likeness (QED) is 0.374. The number of rotatable bonds is 5. The summed E-state index contributed by atoms with van der Waals surface area (Å²) in [5.74, 6) is 2.07. The highest BCUT2D eigenvalue weighted by Gasteiger charge is 2.22. The van der Waals surface area contributed by atoms with Gasteiger partial charge in [-0.25, -0.2) is 4.98 Å². The molecule has 0 bridgehead atoms. The van der Waals surface area contributed by atoms with Gasteiger partial charge in [0.2, 0.25) is 0 Å². The molecule has 1 heterocycles. The van der Waals surface area contributed by atoms with Gasteiger partial charge in [-0.15, -0.1) is 0 Å². The number of ether oxygens (including phenoxy) is 2. The smallest absolute Gasteiger partial charge is 0.282 e. The standard InChI is InChI=1S/C23H23Br2N3O3/c1-30-20-12-17(25)10-15(21(20)31-2)13-26-28-22(14-6-4-3-5-7-14)27-19-9-8-16(24)11-18(19)23(28)29/h8-14H,3-7H2,1-2H3. The van der Waals surface area contributed by atoms with Gasteiger partial charge in [-0.05, 0) is 43.2 Å². The molecule has 1 aromatic heterocycles. The molecule has 3 aromatic rings. The molecule has 2 aromatic carbocycles. The van der Waals surface area contributed by atoms with Crippen LogP contribution in [0.25, 0.3) is 10.9 Å². The SMILES string of the molecule is COc1cc(Br)cc(C=Nn2c(C3CCCCC3)nc3ccc(Br)cc3c2=O)c1OC. The minimum absolute atomic E-state index is 0.177. The number of halogens is 2. The second-order valence-electron chi connectivity index (χ2n) is 7.56. The number of methoxy groups -OCH3 is 2. The van der Waals surface area contributed by atoms with Crippen LogP contribution in [0.15, 0.2) is 49.2 Å². The van der Waals surface area contributed by atoms with Crippen molar-refractivity contribution in [2.24, 2.45) is 5.10 Å². The highest BCUT2D eigenvalue weighted by Crippen LogP contribution is 2.34. The summed E-state index contributed by atoms with van der Waals surface area (Å²) < 4.78 is 14.1. The first-order chi connectivity index (χ1) is 15.0. The molecule has 0 spiro atoms. The Bertz CT molecular complexity index is 1200. The van der Waals surface area contributed by atoms with E-state index in [2.05, 4.69) is 37.0 Å². The molecule has 162 valence electrons. The first-order valence-electron chi connectivity index (χ1n) is 10.2. The fraction of sp³-hybridized carbons (Fsp3) is 0.348. The van der Waals surface area contributed by atoms with Crippen molar-refractivity contribution in [1.29, 1.82) is 0 Å². The Kier molecular flexibility index (Phi) is 6.77. The van der Waals surface area contributed by atoms with Crippen molar-refractivity contribution >= 4 is 49.0 Å². The van der Waals surface area contributed by atoms with Crippen molar-refractivity contribution in [2.45, 2.75) is 38.0 Å². The fourth-order valence-corrected chi connectivity index (χ4v) is 4.89. The van der Waals surface area contributed by atoms with E-state index in [1.54, 1.807) is 26.5 Å². The van der Waals surface area contributed by atoms with Crippen molar-refractivity contribution in [1.82, 2.24) is 9.66 Å². The van der Waals surface area contributed by atoms with E-state index in [1.165, 1.54) is 11.1 Å². The molecule has 6 nitrogen and oxygen atoms in total. The molecule has 0 saturated heterocycles. The predicted molar refractivity (Wildman–Crippen MR) is 130 cm³/mol. The normalized spacial score (nSPS) is 15.0. The third-order valence-electron chi connectivity index (χ3n) is 5.59. The van der Waals surface area contributed by atoms with Crippen molar-refractivity contribution < 1.29 is 9.47 Å². The third kappa shape index (κ3) is 4.55. The molecule has 4 rings (SSSR count). The van der Waals surface area contributed by atoms with E-state index in [-0.39, 0.29) is 11.5 Å². The van der Waals surface area contributed by atoms with Crippen LogP contribution in [0, 0.1) is 0 Å². The van der Waals surface area contributed by atoms with Gasteiger partial charge in [-0.1, -0.05) is 51.1 Å². The van der Waals surface area contributed by atoms with Gasteiger partial charge in [-0.2, -0.15) is 9.78 Å². The Balaban J connectivity index is 1.89. The van der Waals surface area contributed by atoms with Crippen LogP contribution in [0.5, 0.6) is 11.5 Å². The average Bonchev–Trinajstić information content (AvgIpc) is 2.78. The molecule has 0 radical (unpaired) electrons. The monoisotopic (exact) mass is 547 g/mol. The zero-order valence-electron chi connectivity index (χ0n) is 17.4. The van der Waals surface area contributed by atoms with Crippen molar-refractivity contribution in [3.8, 4) is 11.5 Å². The van der Waals surface area contributed by atoms with E-state index >= 15 is 0 Å². The maximum absolute atomic E-state index is 13.4. The number of hydrogen-bond donors (Lipinski definition) is 0. The van der Waals surface area contributed by atoms with Gasteiger partial charge in [0.05, 0.1) is 31.3 Å². The van der Waals surface area contributed by atoms with E-state index in [9.17, 15) is 4.79 Å². The maximum atomic E-state index is 13.4. The molecule has 1 saturated carbocycles. The first kappa shape index (κ1) is 22.0. The van der Waals surface area contributed by atoms with Gasteiger partial charge in [0, 0.05) is 20.4 Å². The lowest BCUT2D eigenvalue weighted by atomic mass is 9.88. The Morgan fingerprint density at radius 2 is 1.84 bits per heavy atom. The number of fused-ring (bicyclic) bond motifs is 1. The Hall–Kier alpha value is -2.19. The Morgan fingerprint density at radius 3 is 2.55 bits per heavy atom. The molecule has 0 atom stereocenters. The zero-order valence-corrected chi connectivity index (χ0v) is 20.6. The van der Waals surface area contributed by atoms with Crippen LogP contribution >= 0.6 is 31.9 Å². The predicted octanol–water partition coefficient (Wildman–Crippen LogP) is 5.87. The maximum Gasteiger partial charge on any atom is 0.282 e. The molecule has 0 amide bonds. The van der Waals surface area contributed by atoms with Crippen LogP contribution in [0.2, 0.25) is 0 Å². The third-order valence-corrected chi connectivity index (χ3v) is 6.54. The van der Waals surface area contributed by atoms with E-state index < -0.39 is 0 Å². The number of nitrogens with zero attached hydrogens (tertiary/aromatic N) is 3. The van der Waals surface area contributed by atoms with Gasteiger partial charge in [-0.3, -0.25) is 4.79 Å². The molecule has 0 aliphatic heterocycles. The van der Waals surface area contributed by atoms with Crippen LogP contribution in [-0.2, 0) is 0 Å². The molecule has 1 aliphatic carbocycles. The average molecular weight is 549 g/mol. The summed E-state index contributed by atoms with van der Waals surface area (Å²) in [4.78, 5) is 18.3. The summed E-state index contributed by atoms with van der Waals surface area (Å²) in [7, 11) is 3.17. The van der Waals surface area contributed by atoms with Crippen LogP contribution < -0.4 is 15.0 Å². The summed E-state index contributed by atoms with van der Waals surface area (Å²) in [6.45, 7) is 0.